The van der Waals surface area contributed by atoms with E-state index in [-0.39, 0.29) is 16.3 Å². The van der Waals surface area contributed by atoms with Crippen LogP contribution in [0.2, 0.25) is 0 Å². The molecule has 1 fully saturated rings. The molecule has 0 radical (unpaired) electrons. The first-order chi connectivity index (χ1) is 14.4. The van der Waals surface area contributed by atoms with Crippen LogP contribution in [0.15, 0.2) is 63.0 Å². The van der Waals surface area contributed by atoms with Gasteiger partial charge in [-0.1, -0.05) is 24.6 Å². The Hall–Kier alpha value is -3.17. The summed E-state index contributed by atoms with van der Waals surface area (Å²) < 4.78 is 28.6. The molecule has 1 unspecified atom stereocenters. The lowest BCUT2D eigenvalue weighted by molar-refractivity contribution is 0.252. The molecular weight excluding hydrogens is 404 g/mol. The van der Waals surface area contributed by atoms with E-state index in [9.17, 15) is 18.0 Å². The summed E-state index contributed by atoms with van der Waals surface area (Å²) in [6, 6.07) is 13.8. The van der Waals surface area contributed by atoms with E-state index in [0.29, 0.717) is 18.5 Å². The number of hydrogen-bond acceptors (Lipinski definition) is 4. The van der Waals surface area contributed by atoms with Gasteiger partial charge in [0.1, 0.15) is 0 Å². The topological polar surface area (TPSA) is 119 Å². The number of piperidine rings is 1. The Morgan fingerprint density at radius 1 is 0.900 bits per heavy atom. The number of fused-ring (bicyclic) bond motifs is 2. The second kappa shape index (κ2) is 6.96. The number of nitrogens with zero attached hydrogens (tertiary/aromatic N) is 1. The molecule has 0 bridgehead atoms. The van der Waals surface area contributed by atoms with Gasteiger partial charge in [0.25, 0.3) is 5.56 Å². The zero-order valence-corrected chi connectivity index (χ0v) is 16.8. The third kappa shape index (κ3) is 3.06. The minimum Gasteiger partial charge on any atom is -0.357 e. The highest BCUT2D eigenvalue weighted by Crippen LogP contribution is 2.36. The number of nitrogens with one attached hydrogen (secondary N) is 3. The lowest BCUT2D eigenvalue weighted by Gasteiger charge is -2.34. The molecule has 2 aromatic heterocycles. The fraction of sp³-hybridized carbons (Fsp3) is 0.238. The lowest BCUT2D eigenvalue weighted by Crippen LogP contribution is -2.38. The molecule has 3 N–H and O–H groups in total. The van der Waals surface area contributed by atoms with Gasteiger partial charge >= 0.3 is 5.69 Å². The molecule has 30 heavy (non-hydrogen) atoms. The summed E-state index contributed by atoms with van der Waals surface area (Å²) >= 11 is 0. The van der Waals surface area contributed by atoms with Gasteiger partial charge in [-0.05, 0) is 48.6 Å². The standard InChI is InChI=1S/C21H20N4O4S/c26-20-15-12-14(8-9-17(15)23-21(27)24-20)30(28,29)25-10-4-3-7-19(25)18-11-13-5-1-2-6-16(13)22-18/h1-2,5-6,8-9,11-12,19,22H,3-4,7,10H2,(H2,23,24,26,27). The van der Waals surface area contributed by atoms with Crippen LogP contribution in [-0.4, -0.2) is 34.2 Å². The van der Waals surface area contributed by atoms with E-state index in [1.54, 1.807) is 0 Å². The van der Waals surface area contributed by atoms with Gasteiger partial charge in [0.15, 0.2) is 0 Å². The number of benzene rings is 2. The Balaban J connectivity index is 1.60. The van der Waals surface area contributed by atoms with Crippen molar-refractivity contribution in [2.24, 2.45) is 0 Å². The van der Waals surface area contributed by atoms with Crippen LogP contribution in [0.5, 0.6) is 0 Å². The Bertz CT molecular complexity index is 1450. The average molecular weight is 424 g/mol. The van der Waals surface area contributed by atoms with Crippen molar-refractivity contribution in [1.29, 1.82) is 0 Å². The first kappa shape index (κ1) is 18.8. The van der Waals surface area contributed by atoms with Crippen LogP contribution >= 0.6 is 0 Å². The van der Waals surface area contributed by atoms with Crippen LogP contribution in [0, 0.1) is 0 Å². The lowest BCUT2D eigenvalue weighted by atomic mass is 10.0. The number of sulfonamides is 1. The largest absolute Gasteiger partial charge is 0.357 e. The zero-order valence-electron chi connectivity index (χ0n) is 16.0. The highest BCUT2D eigenvalue weighted by molar-refractivity contribution is 7.89. The smallest absolute Gasteiger partial charge is 0.326 e. The predicted octanol–water partition coefficient (Wildman–Crippen LogP) is 2.61. The van der Waals surface area contributed by atoms with Crippen LogP contribution in [0.25, 0.3) is 21.8 Å². The Morgan fingerprint density at radius 2 is 1.73 bits per heavy atom. The normalized spacial score (nSPS) is 18.2. The van der Waals surface area contributed by atoms with Crippen molar-refractivity contribution in [3.8, 4) is 0 Å². The van der Waals surface area contributed by atoms with Gasteiger partial charge < -0.3 is 9.97 Å². The van der Waals surface area contributed by atoms with Gasteiger partial charge in [0.05, 0.1) is 21.8 Å². The number of aromatic amines is 3. The van der Waals surface area contributed by atoms with E-state index in [2.05, 4.69) is 15.0 Å². The summed E-state index contributed by atoms with van der Waals surface area (Å²) in [5, 5.41) is 1.17. The number of rotatable bonds is 3. The molecule has 3 heterocycles. The van der Waals surface area contributed by atoms with Gasteiger partial charge in [-0.15, -0.1) is 0 Å². The van der Waals surface area contributed by atoms with E-state index in [4.69, 9.17) is 0 Å². The van der Waals surface area contributed by atoms with Crippen molar-refractivity contribution in [2.75, 3.05) is 6.54 Å². The molecule has 0 saturated carbocycles. The van der Waals surface area contributed by atoms with E-state index >= 15 is 0 Å². The molecule has 0 spiro atoms. The fourth-order valence-electron chi connectivity index (χ4n) is 4.22. The van der Waals surface area contributed by atoms with Crippen LogP contribution in [0.1, 0.15) is 31.0 Å². The van der Waals surface area contributed by atoms with E-state index in [0.717, 1.165) is 29.4 Å². The van der Waals surface area contributed by atoms with Crippen molar-refractivity contribution < 1.29 is 8.42 Å². The van der Waals surface area contributed by atoms with Crippen molar-refractivity contribution >= 4 is 31.8 Å². The van der Waals surface area contributed by atoms with Crippen LogP contribution < -0.4 is 11.2 Å². The van der Waals surface area contributed by atoms with Crippen molar-refractivity contribution in [3.05, 3.63) is 75.1 Å². The second-order valence-corrected chi connectivity index (χ2v) is 9.45. The third-order valence-electron chi connectivity index (χ3n) is 5.68. The van der Waals surface area contributed by atoms with Gasteiger partial charge in [-0.25, -0.2) is 13.2 Å². The molecule has 0 aliphatic carbocycles. The molecule has 1 aliphatic rings. The van der Waals surface area contributed by atoms with Gasteiger partial charge in [0, 0.05) is 17.8 Å². The fourth-order valence-corrected chi connectivity index (χ4v) is 5.92. The van der Waals surface area contributed by atoms with Crippen molar-refractivity contribution in [2.45, 2.75) is 30.2 Å². The van der Waals surface area contributed by atoms with Crippen LogP contribution in [0.4, 0.5) is 0 Å². The third-order valence-corrected chi connectivity index (χ3v) is 7.59. The minimum atomic E-state index is -3.85. The van der Waals surface area contributed by atoms with E-state index in [1.165, 1.54) is 22.5 Å². The molecular formula is C21H20N4O4S. The molecule has 9 heteroatoms. The summed E-state index contributed by atoms with van der Waals surface area (Å²) in [7, 11) is -3.85. The van der Waals surface area contributed by atoms with Crippen molar-refractivity contribution in [3.63, 3.8) is 0 Å². The summed E-state index contributed by atoms with van der Waals surface area (Å²) in [5.41, 5.74) is 0.891. The molecule has 154 valence electrons. The maximum Gasteiger partial charge on any atom is 0.326 e. The molecule has 4 aromatic rings. The predicted molar refractivity (Wildman–Crippen MR) is 114 cm³/mol. The highest BCUT2D eigenvalue weighted by atomic mass is 32.2. The molecule has 1 aliphatic heterocycles. The van der Waals surface area contributed by atoms with Crippen LogP contribution in [-0.2, 0) is 10.0 Å². The highest BCUT2D eigenvalue weighted by Gasteiger charge is 2.35. The number of para-hydroxylation sites is 1. The Kier molecular flexibility index (Phi) is 4.37. The number of hydrogen-bond donors (Lipinski definition) is 3. The van der Waals surface area contributed by atoms with E-state index in [1.807, 2.05) is 30.3 Å². The Labute approximate surface area is 171 Å². The van der Waals surface area contributed by atoms with E-state index < -0.39 is 21.3 Å². The summed E-state index contributed by atoms with van der Waals surface area (Å²) in [6.45, 7) is 0.405. The molecule has 5 rings (SSSR count). The molecule has 2 aromatic carbocycles. The van der Waals surface area contributed by atoms with Gasteiger partial charge in [0.2, 0.25) is 10.0 Å². The maximum atomic E-state index is 13.5. The number of aromatic nitrogens is 3. The monoisotopic (exact) mass is 424 g/mol. The van der Waals surface area contributed by atoms with Gasteiger partial charge in [-0.2, -0.15) is 4.31 Å². The summed E-state index contributed by atoms with van der Waals surface area (Å²) in [5.74, 6) is 0. The quantitative estimate of drug-likeness (QED) is 0.468. The first-order valence-electron chi connectivity index (χ1n) is 9.79. The van der Waals surface area contributed by atoms with Crippen molar-refractivity contribution in [1.82, 2.24) is 19.3 Å². The molecule has 1 saturated heterocycles. The SMILES string of the molecule is O=c1[nH]c(=O)c2cc(S(=O)(=O)N3CCCCC3c3cc4ccccc4[nH]3)ccc2[nH]1. The maximum absolute atomic E-state index is 13.5. The van der Waals surface area contributed by atoms with Gasteiger partial charge in [-0.3, -0.25) is 9.78 Å². The van der Waals surface area contributed by atoms with Crippen LogP contribution in [0.3, 0.4) is 0 Å². The first-order valence-corrected chi connectivity index (χ1v) is 11.2. The molecule has 1 atom stereocenters. The minimum absolute atomic E-state index is 0.0376. The second-order valence-electron chi connectivity index (χ2n) is 7.55. The number of H-pyrrole nitrogens is 3. The molecule has 8 nitrogen and oxygen atoms in total. The zero-order chi connectivity index (χ0) is 20.9. The molecule has 0 amide bonds. The summed E-state index contributed by atoms with van der Waals surface area (Å²) in [4.78, 5) is 31.7. The summed E-state index contributed by atoms with van der Waals surface area (Å²) in [6.07, 6.45) is 2.43. The average Bonchev–Trinajstić information content (AvgIpc) is 3.17. The Morgan fingerprint density at radius 3 is 2.57 bits per heavy atom.